The van der Waals surface area contributed by atoms with Gasteiger partial charge in [-0.1, -0.05) is 0 Å². The predicted octanol–water partition coefficient (Wildman–Crippen LogP) is 0.309. The molecule has 2 aliphatic heterocycles. The van der Waals surface area contributed by atoms with Gasteiger partial charge in [0.05, 0.1) is 11.8 Å². The number of carboxylic acids is 2. The van der Waals surface area contributed by atoms with E-state index >= 15 is 0 Å². The number of likely N-dealkylation sites (tertiary alicyclic amines) is 2. The minimum absolute atomic E-state index is 0.0123. The molecular formula is C12H18N2O5. The highest BCUT2D eigenvalue weighted by atomic mass is 16.4. The third kappa shape index (κ3) is 2.80. The number of carbonyl (C=O) groups excluding carboxylic acids is 1. The molecule has 0 aromatic heterocycles. The Hall–Kier alpha value is -1.79. The Morgan fingerprint density at radius 1 is 0.842 bits per heavy atom. The topological polar surface area (TPSA) is 98.2 Å². The molecule has 0 aliphatic carbocycles. The molecular weight excluding hydrogens is 252 g/mol. The van der Waals surface area contributed by atoms with E-state index in [-0.39, 0.29) is 19.0 Å². The molecule has 2 aliphatic rings. The first-order chi connectivity index (χ1) is 9.00. The summed E-state index contributed by atoms with van der Waals surface area (Å²) in [4.78, 5) is 37.5. The molecule has 2 saturated heterocycles. The fourth-order valence-electron chi connectivity index (χ4n) is 2.78. The fraction of sp³-hybridized carbons (Fsp3) is 0.750. The van der Waals surface area contributed by atoms with Gasteiger partial charge in [0, 0.05) is 26.2 Å². The Kier molecular flexibility index (Phi) is 3.92. The molecule has 19 heavy (non-hydrogen) atoms. The van der Waals surface area contributed by atoms with Crippen LogP contribution in [0.1, 0.15) is 19.3 Å². The largest absolute Gasteiger partial charge is 0.481 e. The summed E-state index contributed by atoms with van der Waals surface area (Å²) in [5.74, 6) is -4.16. The molecule has 0 aromatic carbocycles. The highest BCUT2D eigenvalue weighted by Gasteiger charge is 2.41. The summed E-state index contributed by atoms with van der Waals surface area (Å²) in [5.41, 5.74) is 0. The first-order valence-electron chi connectivity index (χ1n) is 6.50. The molecule has 2 N–H and O–H groups in total. The van der Waals surface area contributed by atoms with Gasteiger partial charge in [-0.3, -0.25) is 9.59 Å². The van der Waals surface area contributed by atoms with Crippen LogP contribution in [-0.2, 0) is 9.59 Å². The van der Waals surface area contributed by atoms with Gasteiger partial charge in [-0.05, 0) is 19.3 Å². The Labute approximate surface area is 110 Å². The Morgan fingerprint density at radius 3 is 1.95 bits per heavy atom. The number of piperidine rings is 1. The lowest BCUT2D eigenvalue weighted by Gasteiger charge is -2.36. The molecule has 0 aromatic rings. The van der Waals surface area contributed by atoms with Gasteiger partial charge in [0.2, 0.25) is 0 Å². The summed E-state index contributed by atoms with van der Waals surface area (Å²) in [5, 5.41) is 18.1. The molecule has 0 spiro atoms. The van der Waals surface area contributed by atoms with Crippen LogP contribution in [0.4, 0.5) is 4.79 Å². The molecule has 7 heteroatoms. The van der Waals surface area contributed by atoms with E-state index in [1.165, 1.54) is 4.90 Å². The van der Waals surface area contributed by atoms with Crippen molar-refractivity contribution in [2.45, 2.75) is 19.3 Å². The minimum atomic E-state index is -1.15. The summed E-state index contributed by atoms with van der Waals surface area (Å²) >= 11 is 0. The third-order valence-electron chi connectivity index (χ3n) is 3.89. The van der Waals surface area contributed by atoms with Crippen LogP contribution in [0.15, 0.2) is 0 Å². The van der Waals surface area contributed by atoms with Gasteiger partial charge < -0.3 is 20.0 Å². The van der Waals surface area contributed by atoms with Crippen molar-refractivity contribution in [2.24, 2.45) is 11.8 Å². The summed E-state index contributed by atoms with van der Waals surface area (Å²) in [6.07, 6.45) is 2.14. The second-order valence-electron chi connectivity index (χ2n) is 5.10. The van der Waals surface area contributed by atoms with E-state index < -0.39 is 23.8 Å². The average molecular weight is 270 g/mol. The van der Waals surface area contributed by atoms with Crippen LogP contribution in [0.25, 0.3) is 0 Å². The Bertz CT molecular complexity index is 392. The van der Waals surface area contributed by atoms with Gasteiger partial charge in [0.1, 0.15) is 0 Å². The minimum Gasteiger partial charge on any atom is -0.481 e. The van der Waals surface area contributed by atoms with Crippen molar-refractivity contribution >= 4 is 18.0 Å². The van der Waals surface area contributed by atoms with Gasteiger partial charge in [0.15, 0.2) is 0 Å². The van der Waals surface area contributed by atoms with Gasteiger partial charge in [-0.15, -0.1) is 0 Å². The maximum absolute atomic E-state index is 12.2. The average Bonchev–Trinajstić information content (AvgIpc) is 2.90. The SMILES string of the molecule is O=C(O)C1CCN(C(=O)N2CCCC2)CC1C(=O)O. The quantitative estimate of drug-likeness (QED) is 0.752. The second-order valence-corrected chi connectivity index (χ2v) is 5.10. The number of carboxylic acid groups (broad SMARTS) is 2. The van der Waals surface area contributed by atoms with Crippen LogP contribution in [0.5, 0.6) is 0 Å². The van der Waals surface area contributed by atoms with Crippen LogP contribution in [-0.4, -0.2) is 64.2 Å². The summed E-state index contributed by atoms with van der Waals surface area (Å²) < 4.78 is 0. The van der Waals surface area contributed by atoms with Gasteiger partial charge in [0.25, 0.3) is 0 Å². The molecule has 0 bridgehead atoms. The maximum Gasteiger partial charge on any atom is 0.320 e. The zero-order chi connectivity index (χ0) is 14.0. The van der Waals surface area contributed by atoms with Crippen LogP contribution in [0, 0.1) is 11.8 Å². The van der Waals surface area contributed by atoms with E-state index in [0.29, 0.717) is 19.6 Å². The van der Waals surface area contributed by atoms with Crippen molar-refractivity contribution in [1.29, 1.82) is 0 Å². The lowest BCUT2D eigenvalue weighted by molar-refractivity contribution is -0.156. The standard InChI is InChI=1S/C12H18N2O5/c15-10(16)8-3-6-14(7-9(8)11(17)18)12(19)13-4-1-2-5-13/h8-9H,1-7H2,(H,15,16)(H,17,18). The Balaban J connectivity index is 2.03. The van der Waals surface area contributed by atoms with Crippen molar-refractivity contribution in [3.63, 3.8) is 0 Å². The Morgan fingerprint density at radius 2 is 1.42 bits per heavy atom. The van der Waals surface area contributed by atoms with Crippen molar-refractivity contribution in [3.05, 3.63) is 0 Å². The number of aliphatic carboxylic acids is 2. The summed E-state index contributed by atoms with van der Waals surface area (Å²) in [6.45, 7) is 1.71. The van der Waals surface area contributed by atoms with Crippen LogP contribution < -0.4 is 0 Å². The van der Waals surface area contributed by atoms with E-state index in [4.69, 9.17) is 10.2 Å². The van der Waals surface area contributed by atoms with E-state index in [2.05, 4.69) is 0 Å². The normalized spacial score (nSPS) is 27.4. The lowest BCUT2D eigenvalue weighted by atomic mass is 9.85. The second kappa shape index (κ2) is 5.46. The van der Waals surface area contributed by atoms with Gasteiger partial charge in [-0.2, -0.15) is 0 Å². The van der Waals surface area contributed by atoms with Crippen LogP contribution >= 0.6 is 0 Å². The van der Waals surface area contributed by atoms with Crippen molar-refractivity contribution in [3.8, 4) is 0 Å². The smallest absolute Gasteiger partial charge is 0.320 e. The fourth-order valence-corrected chi connectivity index (χ4v) is 2.78. The first kappa shape index (κ1) is 13.6. The molecule has 7 nitrogen and oxygen atoms in total. The summed E-state index contributed by atoms with van der Waals surface area (Å²) in [6, 6.07) is -0.160. The van der Waals surface area contributed by atoms with E-state index in [1.54, 1.807) is 4.90 Å². The third-order valence-corrected chi connectivity index (χ3v) is 3.89. The zero-order valence-electron chi connectivity index (χ0n) is 10.6. The molecule has 0 saturated carbocycles. The molecule has 2 fully saturated rings. The van der Waals surface area contributed by atoms with Gasteiger partial charge in [-0.25, -0.2) is 4.79 Å². The van der Waals surface area contributed by atoms with Crippen molar-refractivity contribution in [2.75, 3.05) is 26.2 Å². The number of nitrogens with zero attached hydrogens (tertiary/aromatic N) is 2. The molecule has 2 rings (SSSR count). The van der Waals surface area contributed by atoms with E-state index in [1.807, 2.05) is 0 Å². The molecule has 2 heterocycles. The maximum atomic E-state index is 12.2. The highest BCUT2D eigenvalue weighted by molar-refractivity contribution is 5.82. The predicted molar refractivity (Wildman–Crippen MR) is 64.6 cm³/mol. The van der Waals surface area contributed by atoms with Crippen molar-refractivity contribution in [1.82, 2.24) is 9.80 Å². The first-order valence-corrected chi connectivity index (χ1v) is 6.50. The van der Waals surface area contributed by atoms with Crippen LogP contribution in [0.2, 0.25) is 0 Å². The lowest BCUT2D eigenvalue weighted by Crippen LogP contribution is -2.52. The van der Waals surface area contributed by atoms with E-state index in [0.717, 1.165) is 12.8 Å². The van der Waals surface area contributed by atoms with Crippen LogP contribution in [0.3, 0.4) is 0 Å². The molecule has 2 amide bonds. The zero-order valence-corrected chi connectivity index (χ0v) is 10.6. The summed E-state index contributed by atoms with van der Waals surface area (Å²) in [7, 11) is 0. The molecule has 2 unspecified atom stereocenters. The van der Waals surface area contributed by atoms with Gasteiger partial charge >= 0.3 is 18.0 Å². The molecule has 2 atom stereocenters. The monoisotopic (exact) mass is 270 g/mol. The van der Waals surface area contributed by atoms with E-state index in [9.17, 15) is 14.4 Å². The molecule has 106 valence electrons. The highest BCUT2D eigenvalue weighted by Crippen LogP contribution is 2.25. The number of carbonyl (C=O) groups is 3. The van der Waals surface area contributed by atoms with Crippen molar-refractivity contribution < 1.29 is 24.6 Å². The number of rotatable bonds is 2. The molecule has 0 radical (unpaired) electrons. The number of hydrogen-bond acceptors (Lipinski definition) is 3. The number of amides is 2. The number of hydrogen-bond donors (Lipinski definition) is 2. The number of urea groups is 1.